The van der Waals surface area contributed by atoms with Crippen LogP contribution in [0.1, 0.15) is 27.2 Å². The third-order valence-electron chi connectivity index (χ3n) is 1.75. The van der Waals surface area contributed by atoms with Gasteiger partial charge in [0.05, 0.1) is 12.5 Å². The van der Waals surface area contributed by atoms with Gasteiger partial charge >= 0.3 is 0 Å². The minimum Gasteiger partial charge on any atom is -0.315 e. The second kappa shape index (κ2) is 5.32. The van der Waals surface area contributed by atoms with E-state index in [9.17, 15) is 0 Å². The average molecular weight is 192 g/mol. The van der Waals surface area contributed by atoms with E-state index in [-0.39, 0.29) is 0 Å². The summed E-state index contributed by atoms with van der Waals surface area (Å²) in [6.45, 7) is 7.10. The van der Waals surface area contributed by atoms with Crippen molar-refractivity contribution in [1.82, 2.24) is 19.5 Å². The highest BCUT2D eigenvalue weighted by Crippen LogP contribution is 2.06. The third-order valence-corrected chi connectivity index (χ3v) is 1.75. The molecule has 0 fully saturated rings. The summed E-state index contributed by atoms with van der Waals surface area (Å²) in [5, 5.41) is 0. The maximum Gasteiger partial charge on any atom is 0.163 e. The zero-order valence-electron chi connectivity index (χ0n) is 8.94. The van der Waals surface area contributed by atoms with Crippen molar-refractivity contribution in [2.45, 2.75) is 33.7 Å². The molecule has 2 aromatic heterocycles. The van der Waals surface area contributed by atoms with Crippen LogP contribution in [0.5, 0.6) is 0 Å². The Morgan fingerprint density at radius 3 is 2.79 bits per heavy atom. The number of fused-ring (bicyclic) bond motifs is 1. The largest absolute Gasteiger partial charge is 0.315 e. The first-order valence-electron chi connectivity index (χ1n) is 5.02. The van der Waals surface area contributed by atoms with Crippen molar-refractivity contribution < 1.29 is 0 Å². The monoisotopic (exact) mass is 192 g/mol. The van der Waals surface area contributed by atoms with Gasteiger partial charge in [-0.2, -0.15) is 0 Å². The summed E-state index contributed by atoms with van der Waals surface area (Å²) in [5.74, 6) is 0. The molecule has 0 unspecified atom stereocenters. The highest BCUT2D eigenvalue weighted by molar-refractivity contribution is 5.68. The highest BCUT2D eigenvalue weighted by Gasteiger charge is 2.00. The maximum absolute atomic E-state index is 4.18. The number of nitrogens with zero attached hydrogens (tertiary/aromatic N) is 4. The van der Waals surface area contributed by atoms with Crippen molar-refractivity contribution in [2.24, 2.45) is 0 Å². The van der Waals surface area contributed by atoms with E-state index in [4.69, 9.17) is 0 Å². The van der Waals surface area contributed by atoms with Crippen molar-refractivity contribution in [2.75, 3.05) is 0 Å². The molecule has 2 rings (SSSR count). The summed E-state index contributed by atoms with van der Waals surface area (Å²) in [4.78, 5) is 12.2. The predicted octanol–water partition coefficient (Wildman–Crippen LogP) is 2.26. The fraction of sp³-hybridized carbons (Fsp3) is 0.500. The van der Waals surface area contributed by atoms with Crippen LogP contribution in [-0.2, 0) is 6.54 Å². The number of hydrogen-bond acceptors (Lipinski definition) is 3. The molecule has 0 atom stereocenters. The lowest BCUT2D eigenvalue weighted by Gasteiger charge is -1.97. The molecule has 2 heterocycles. The van der Waals surface area contributed by atoms with Gasteiger partial charge in [0.2, 0.25) is 0 Å². The SMILES string of the molecule is CC.CCCn1cnc2cncnc21. The van der Waals surface area contributed by atoms with Gasteiger partial charge in [-0.05, 0) is 6.42 Å². The number of aromatic nitrogens is 4. The van der Waals surface area contributed by atoms with E-state index in [2.05, 4.69) is 21.9 Å². The molecule has 0 radical (unpaired) electrons. The highest BCUT2D eigenvalue weighted by atomic mass is 15.1. The molecule has 0 aliphatic rings. The van der Waals surface area contributed by atoms with Gasteiger partial charge in [-0.3, -0.25) is 0 Å². The first-order valence-corrected chi connectivity index (χ1v) is 5.02. The smallest absolute Gasteiger partial charge is 0.163 e. The first kappa shape index (κ1) is 10.6. The molecule has 0 aliphatic heterocycles. The average Bonchev–Trinajstić information content (AvgIpc) is 2.66. The van der Waals surface area contributed by atoms with Crippen LogP contribution in [0.4, 0.5) is 0 Å². The van der Waals surface area contributed by atoms with Crippen LogP contribution in [0, 0.1) is 0 Å². The third kappa shape index (κ3) is 2.07. The lowest BCUT2D eigenvalue weighted by atomic mass is 10.5. The van der Waals surface area contributed by atoms with Gasteiger partial charge in [-0.25, -0.2) is 15.0 Å². The normalized spacial score (nSPS) is 9.64. The molecule has 4 heteroatoms. The van der Waals surface area contributed by atoms with Crippen molar-refractivity contribution in [3.8, 4) is 0 Å². The minimum absolute atomic E-state index is 0.867. The topological polar surface area (TPSA) is 43.6 Å². The van der Waals surface area contributed by atoms with Gasteiger partial charge in [0, 0.05) is 6.54 Å². The summed E-state index contributed by atoms with van der Waals surface area (Å²) >= 11 is 0. The quantitative estimate of drug-likeness (QED) is 0.733. The van der Waals surface area contributed by atoms with E-state index < -0.39 is 0 Å². The van der Waals surface area contributed by atoms with Gasteiger partial charge in [0.25, 0.3) is 0 Å². The van der Waals surface area contributed by atoms with E-state index in [0.717, 1.165) is 24.1 Å². The van der Waals surface area contributed by atoms with Crippen molar-refractivity contribution in [3.05, 3.63) is 18.9 Å². The van der Waals surface area contributed by atoms with Crippen LogP contribution < -0.4 is 0 Å². The van der Waals surface area contributed by atoms with Crippen LogP contribution in [-0.4, -0.2) is 19.5 Å². The van der Waals surface area contributed by atoms with E-state index in [0.29, 0.717) is 0 Å². The van der Waals surface area contributed by atoms with E-state index >= 15 is 0 Å². The van der Waals surface area contributed by atoms with Crippen molar-refractivity contribution >= 4 is 11.2 Å². The lowest BCUT2D eigenvalue weighted by molar-refractivity contribution is 0.691. The summed E-state index contributed by atoms with van der Waals surface area (Å²) in [5.41, 5.74) is 1.79. The number of hydrogen-bond donors (Lipinski definition) is 0. The summed E-state index contributed by atoms with van der Waals surface area (Å²) < 4.78 is 2.04. The van der Waals surface area contributed by atoms with Crippen LogP contribution in [0.15, 0.2) is 18.9 Å². The standard InChI is InChI=1S/C8H10N4.C2H6/c1-2-3-12-6-11-7-4-9-5-10-8(7)12;1-2/h4-6H,2-3H2,1H3;1-2H3. The molecule has 76 valence electrons. The Balaban J connectivity index is 0.000000461. The molecular formula is C10H16N4. The molecule has 0 amide bonds. The van der Waals surface area contributed by atoms with E-state index in [1.165, 1.54) is 0 Å². The summed E-state index contributed by atoms with van der Waals surface area (Å²) in [6.07, 6.45) is 6.18. The van der Waals surface area contributed by atoms with Gasteiger partial charge in [0.15, 0.2) is 5.65 Å². The molecule has 0 aromatic carbocycles. The molecule has 0 saturated heterocycles. The Kier molecular flexibility index (Phi) is 4.04. The maximum atomic E-state index is 4.18. The Bertz CT molecular complexity index is 380. The molecule has 0 aliphatic carbocycles. The van der Waals surface area contributed by atoms with Crippen molar-refractivity contribution in [3.63, 3.8) is 0 Å². The Morgan fingerprint density at radius 2 is 2.07 bits per heavy atom. The van der Waals surface area contributed by atoms with Crippen LogP contribution in [0.3, 0.4) is 0 Å². The van der Waals surface area contributed by atoms with E-state index in [1.807, 2.05) is 24.7 Å². The molecule has 0 bridgehead atoms. The predicted molar refractivity (Wildman–Crippen MR) is 57.0 cm³/mol. The number of rotatable bonds is 2. The summed E-state index contributed by atoms with van der Waals surface area (Å²) in [7, 11) is 0. The fourth-order valence-electron chi connectivity index (χ4n) is 1.22. The Hall–Kier alpha value is -1.45. The Labute approximate surface area is 84.0 Å². The van der Waals surface area contributed by atoms with Gasteiger partial charge in [0.1, 0.15) is 11.8 Å². The fourth-order valence-corrected chi connectivity index (χ4v) is 1.22. The van der Waals surface area contributed by atoms with Crippen LogP contribution in [0.25, 0.3) is 11.2 Å². The molecule has 14 heavy (non-hydrogen) atoms. The number of imidazole rings is 1. The zero-order chi connectivity index (χ0) is 10.4. The first-order chi connectivity index (χ1) is 6.92. The number of aryl methyl sites for hydroxylation is 1. The second-order valence-electron chi connectivity index (χ2n) is 2.67. The molecule has 0 N–H and O–H groups in total. The lowest BCUT2D eigenvalue weighted by Crippen LogP contribution is -1.95. The van der Waals surface area contributed by atoms with Gasteiger partial charge < -0.3 is 4.57 Å². The van der Waals surface area contributed by atoms with Crippen molar-refractivity contribution in [1.29, 1.82) is 0 Å². The molecule has 2 aromatic rings. The molecule has 4 nitrogen and oxygen atoms in total. The molecule has 0 spiro atoms. The van der Waals surface area contributed by atoms with Gasteiger partial charge in [-0.15, -0.1) is 0 Å². The molecular weight excluding hydrogens is 176 g/mol. The Morgan fingerprint density at radius 1 is 1.29 bits per heavy atom. The van der Waals surface area contributed by atoms with Gasteiger partial charge in [-0.1, -0.05) is 20.8 Å². The second-order valence-corrected chi connectivity index (χ2v) is 2.67. The minimum atomic E-state index is 0.867. The zero-order valence-corrected chi connectivity index (χ0v) is 8.94. The molecule has 0 saturated carbocycles. The summed E-state index contributed by atoms with van der Waals surface area (Å²) in [6, 6.07) is 0. The van der Waals surface area contributed by atoms with E-state index in [1.54, 1.807) is 12.5 Å². The van der Waals surface area contributed by atoms with Crippen LogP contribution >= 0.6 is 0 Å². The van der Waals surface area contributed by atoms with Crippen LogP contribution in [0.2, 0.25) is 0 Å².